The monoisotopic (exact) mass is 366 g/mol. The number of nitrogens with zero attached hydrogens (tertiary/aromatic N) is 1. The van der Waals surface area contributed by atoms with Crippen molar-refractivity contribution in [3.8, 4) is 0 Å². The van der Waals surface area contributed by atoms with Crippen LogP contribution < -0.4 is 4.83 Å². The molecule has 4 nitrogen and oxygen atoms in total. The Balaban J connectivity index is 2.26. The fraction of sp³-hybridized carbons (Fsp3) is 0.611. The van der Waals surface area contributed by atoms with Gasteiger partial charge in [0.05, 0.1) is 13.0 Å². The zero-order valence-corrected chi connectivity index (χ0v) is 17.3. The minimum absolute atomic E-state index is 0.179. The summed E-state index contributed by atoms with van der Waals surface area (Å²) in [4.78, 5) is 2.77. The molecule has 0 bridgehead atoms. The first-order chi connectivity index (χ1) is 11.1. The molecule has 1 fully saturated rings. The SMILES string of the molecule is CCCC/C(=N\NS(=O)(=O)c1ccc(C)cc1)C1([Si](C)(C)C)CC1. The zero-order chi connectivity index (χ0) is 18.0. The number of aryl methyl sites for hydroxylation is 1. The molecular weight excluding hydrogens is 336 g/mol. The van der Waals surface area contributed by atoms with E-state index in [2.05, 4.69) is 36.5 Å². The van der Waals surface area contributed by atoms with Gasteiger partial charge < -0.3 is 0 Å². The van der Waals surface area contributed by atoms with E-state index in [-0.39, 0.29) is 9.93 Å². The van der Waals surface area contributed by atoms with Gasteiger partial charge in [0, 0.05) is 10.7 Å². The van der Waals surface area contributed by atoms with Crippen LogP contribution in [0.3, 0.4) is 0 Å². The predicted molar refractivity (Wildman–Crippen MR) is 104 cm³/mol. The van der Waals surface area contributed by atoms with Crippen LogP contribution in [0.2, 0.25) is 24.7 Å². The second-order valence-electron chi connectivity index (χ2n) is 7.90. The number of sulfonamides is 1. The Kier molecular flexibility index (Phi) is 5.60. The highest BCUT2D eigenvalue weighted by atomic mass is 32.2. The summed E-state index contributed by atoms with van der Waals surface area (Å²) in [7, 11) is -5.03. The summed E-state index contributed by atoms with van der Waals surface area (Å²) < 4.78 is 25.0. The Labute approximate surface area is 147 Å². The molecule has 0 spiro atoms. The van der Waals surface area contributed by atoms with Gasteiger partial charge in [0.15, 0.2) is 0 Å². The lowest BCUT2D eigenvalue weighted by Gasteiger charge is -2.30. The topological polar surface area (TPSA) is 58.5 Å². The van der Waals surface area contributed by atoms with E-state index >= 15 is 0 Å². The summed E-state index contributed by atoms with van der Waals surface area (Å²) in [5.74, 6) is 0. The predicted octanol–water partition coefficient (Wildman–Crippen LogP) is 4.69. The largest absolute Gasteiger partial charge is 0.276 e. The second-order valence-corrected chi connectivity index (χ2v) is 15.0. The van der Waals surface area contributed by atoms with Gasteiger partial charge in [-0.25, -0.2) is 4.83 Å². The van der Waals surface area contributed by atoms with Crippen LogP contribution >= 0.6 is 0 Å². The van der Waals surface area contributed by atoms with Crippen molar-refractivity contribution in [2.75, 3.05) is 0 Å². The summed E-state index contributed by atoms with van der Waals surface area (Å²) in [5.41, 5.74) is 2.11. The molecule has 0 radical (unpaired) electrons. The average molecular weight is 367 g/mol. The van der Waals surface area contributed by atoms with Crippen molar-refractivity contribution >= 4 is 23.8 Å². The van der Waals surface area contributed by atoms with Crippen molar-refractivity contribution in [2.24, 2.45) is 5.10 Å². The Hall–Kier alpha value is -1.14. The average Bonchev–Trinajstić information content (AvgIpc) is 3.29. The third-order valence-electron chi connectivity index (χ3n) is 5.14. The molecule has 0 saturated heterocycles. The quantitative estimate of drug-likeness (QED) is 0.412. The van der Waals surface area contributed by atoms with Gasteiger partial charge in [0.1, 0.15) is 0 Å². The third kappa shape index (κ3) is 4.09. The van der Waals surface area contributed by atoms with Crippen molar-refractivity contribution in [1.29, 1.82) is 0 Å². The maximum Gasteiger partial charge on any atom is 0.276 e. The first-order valence-electron chi connectivity index (χ1n) is 8.78. The van der Waals surface area contributed by atoms with Crippen LogP contribution in [0, 0.1) is 6.92 Å². The van der Waals surface area contributed by atoms with Crippen LogP contribution in [0.5, 0.6) is 0 Å². The van der Waals surface area contributed by atoms with E-state index in [0.29, 0.717) is 0 Å². The molecule has 1 N–H and O–H groups in total. The molecule has 1 aliphatic rings. The molecule has 0 aromatic heterocycles. The van der Waals surface area contributed by atoms with Crippen LogP contribution in [0.25, 0.3) is 0 Å². The van der Waals surface area contributed by atoms with Crippen LogP contribution in [0.15, 0.2) is 34.3 Å². The summed E-state index contributed by atoms with van der Waals surface area (Å²) in [6.07, 6.45) is 5.33. The lowest BCUT2D eigenvalue weighted by atomic mass is 10.1. The molecule has 2 rings (SSSR count). The Morgan fingerprint density at radius 3 is 2.25 bits per heavy atom. The van der Waals surface area contributed by atoms with Crippen molar-refractivity contribution < 1.29 is 8.42 Å². The van der Waals surface area contributed by atoms with Crippen LogP contribution in [-0.2, 0) is 10.0 Å². The van der Waals surface area contributed by atoms with Gasteiger partial charge in [-0.2, -0.15) is 13.5 Å². The molecule has 0 unspecified atom stereocenters. The van der Waals surface area contributed by atoms with Crippen molar-refractivity contribution in [3.63, 3.8) is 0 Å². The van der Waals surface area contributed by atoms with E-state index in [9.17, 15) is 8.42 Å². The highest BCUT2D eigenvalue weighted by molar-refractivity contribution is 7.89. The van der Waals surface area contributed by atoms with E-state index in [1.165, 1.54) is 0 Å². The Morgan fingerprint density at radius 1 is 1.21 bits per heavy atom. The molecule has 1 aromatic carbocycles. The van der Waals surface area contributed by atoms with Crippen molar-refractivity contribution in [2.45, 2.75) is 75.5 Å². The van der Waals surface area contributed by atoms with Gasteiger partial charge in [-0.05, 0) is 44.7 Å². The molecule has 6 heteroatoms. The first-order valence-corrected chi connectivity index (χ1v) is 13.8. The fourth-order valence-electron chi connectivity index (χ4n) is 3.23. The lowest BCUT2D eigenvalue weighted by Crippen LogP contribution is -2.37. The molecule has 0 amide bonds. The van der Waals surface area contributed by atoms with Crippen molar-refractivity contribution in [1.82, 2.24) is 4.83 Å². The van der Waals surface area contributed by atoms with E-state index in [1.807, 2.05) is 6.92 Å². The standard InChI is InChI=1S/C18H30N2O2SSi/c1-6-7-8-17(18(13-14-18)24(3,4)5)19-20-23(21,22)16-11-9-15(2)10-12-16/h9-12,20H,6-8,13-14H2,1-5H3/b19-17+. The molecule has 0 atom stereocenters. The summed E-state index contributed by atoms with van der Waals surface area (Å²) in [6.45, 7) is 11.2. The molecule has 1 saturated carbocycles. The second kappa shape index (κ2) is 7.00. The minimum atomic E-state index is -3.60. The van der Waals surface area contributed by atoms with Crippen LogP contribution in [0.4, 0.5) is 0 Å². The molecule has 1 aliphatic carbocycles. The number of benzene rings is 1. The van der Waals surface area contributed by atoms with Gasteiger partial charge >= 0.3 is 0 Å². The van der Waals surface area contributed by atoms with E-state index < -0.39 is 18.1 Å². The minimum Gasteiger partial charge on any atom is -0.200 e. The highest BCUT2D eigenvalue weighted by Crippen LogP contribution is 2.62. The number of nitrogens with one attached hydrogen (secondary N) is 1. The van der Waals surface area contributed by atoms with Gasteiger partial charge in [0.2, 0.25) is 0 Å². The smallest absolute Gasteiger partial charge is 0.200 e. The molecule has 0 aliphatic heterocycles. The maximum atomic E-state index is 12.5. The lowest BCUT2D eigenvalue weighted by molar-refractivity contribution is 0.584. The number of rotatable bonds is 8. The Bertz CT molecular complexity index is 700. The molecule has 1 aromatic rings. The van der Waals surface area contributed by atoms with E-state index in [1.54, 1.807) is 24.3 Å². The summed E-state index contributed by atoms with van der Waals surface area (Å²) >= 11 is 0. The zero-order valence-electron chi connectivity index (χ0n) is 15.5. The number of hydrazone groups is 1. The van der Waals surface area contributed by atoms with Gasteiger partial charge in [-0.15, -0.1) is 0 Å². The van der Waals surface area contributed by atoms with Crippen LogP contribution in [-0.4, -0.2) is 22.2 Å². The Morgan fingerprint density at radius 2 is 1.79 bits per heavy atom. The summed E-state index contributed by atoms with van der Waals surface area (Å²) in [6, 6.07) is 6.87. The van der Waals surface area contributed by atoms with Crippen molar-refractivity contribution in [3.05, 3.63) is 29.8 Å². The molecule has 24 heavy (non-hydrogen) atoms. The third-order valence-corrected chi connectivity index (χ3v) is 10.0. The van der Waals surface area contributed by atoms with E-state index in [4.69, 9.17) is 0 Å². The number of hydrogen-bond donors (Lipinski definition) is 1. The highest BCUT2D eigenvalue weighted by Gasteiger charge is 2.56. The van der Waals surface area contributed by atoms with Gasteiger partial charge in [-0.1, -0.05) is 50.7 Å². The molecule has 0 heterocycles. The number of hydrogen-bond acceptors (Lipinski definition) is 3. The first kappa shape index (κ1) is 19.2. The van der Waals surface area contributed by atoms with Gasteiger partial charge in [-0.3, -0.25) is 0 Å². The van der Waals surface area contributed by atoms with Crippen LogP contribution in [0.1, 0.15) is 44.6 Å². The summed E-state index contributed by atoms with van der Waals surface area (Å²) in [5, 5.41) is 4.62. The van der Waals surface area contributed by atoms with Gasteiger partial charge in [0.25, 0.3) is 10.0 Å². The molecular formula is C18H30N2O2SSi. The number of unbranched alkanes of at least 4 members (excludes halogenated alkanes) is 1. The molecule has 134 valence electrons. The maximum absolute atomic E-state index is 12.5. The van der Waals surface area contributed by atoms with E-state index in [0.717, 1.165) is 43.4 Å². The fourth-order valence-corrected chi connectivity index (χ4v) is 6.73. The normalized spacial score (nSPS) is 17.6.